The number of methoxy groups -OCH3 is 1. The lowest BCUT2D eigenvalue weighted by Gasteiger charge is -2.09. The Morgan fingerprint density at radius 2 is 1.85 bits per heavy atom. The zero-order chi connectivity index (χ0) is 19.4. The lowest BCUT2D eigenvalue weighted by molar-refractivity contribution is 0.415. The molecule has 0 saturated heterocycles. The van der Waals surface area contributed by atoms with Gasteiger partial charge in [-0.2, -0.15) is 5.26 Å². The molecule has 27 heavy (non-hydrogen) atoms. The van der Waals surface area contributed by atoms with E-state index in [1.165, 1.54) is 11.8 Å². The highest BCUT2D eigenvalue weighted by Crippen LogP contribution is 2.31. The maximum absolute atomic E-state index is 12.3. The summed E-state index contributed by atoms with van der Waals surface area (Å²) >= 11 is 13.7. The molecule has 0 fully saturated rings. The van der Waals surface area contributed by atoms with Crippen molar-refractivity contribution in [3.63, 3.8) is 0 Å². The number of hydrogen-bond acceptors (Lipinski definition) is 5. The summed E-state index contributed by atoms with van der Waals surface area (Å²) in [5, 5.41) is 10.8. The Kier molecular flexibility index (Phi) is 6.07. The molecule has 2 aromatic carbocycles. The van der Waals surface area contributed by atoms with Crippen LogP contribution in [0.5, 0.6) is 5.75 Å². The van der Waals surface area contributed by atoms with Gasteiger partial charge in [0.05, 0.1) is 12.8 Å². The van der Waals surface area contributed by atoms with E-state index in [0.29, 0.717) is 38.0 Å². The topological polar surface area (TPSA) is 78.8 Å². The van der Waals surface area contributed by atoms with Crippen molar-refractivity contribution in [3.8, 4) is 23.1 Å². The van der Waals surface area contributed by atoms with Gasteiger partial charge < -0.3 is 9.72 Å². The second-order valence-corrected chi connectivity index (χ2v) is 7.20. The Balaban J connectivity index is 1.97. The SMILES string of the molecule is COc1ccc(-c2nc(SCc3c(Cl)cccc3Cl)[nH]c(=O)c2C#N)cc1. The lowest BCUT2D eigenvalue weighted by Crippen LogP contribution is -2.14. The van der Waals surface area contributed by atoms with E-state index in [1.807, 2.05) is 6.07 Å². The first kappa shape index (κ1) is 19.3. The van der Waals surface area contributed by atoms with Gasteiger partial charge in [-0.1, -0.05) is 41.0 Å². The normalized spacial score (nSPS) is 10.4. The van der Waals surface area contributed by atoms with Crippen molar-refractivity contribution < 1.29 is 4.74 Å². The summed E-state index contributed by atoms with van der Waals surface area (Å²) in [6, 6.07) is 14.2. The number of halogens is 2. The third kappa shape index (κ3) is 4.28. The third-order valence-corrected chi connectivity index (χ3v) is 5.40. The minimum atomic E-state index is -0.494. The molecule has 0 atom stereocenters. The second kappa shape index (κ2) is 8.49. The molecule has 0 radical (unpaired) electrons. The first-order valence-electron chi connectivity index (χ1n) is 7.78. The van der Waals surface area contributed by atoms with Crippen molar-refractivity contribution in [2.45, 2.75) is 10.9 Å². The lowest BCUT2D eigenvalue weighted by atomic mass is 10.1. The number of aromatic amines is 1. The van der Waals surface area contributed by atoms with Crippen LogP contribution in [-0.2, 0) is 5.75 Å². The predicted octanol–water partition coefficient (Wildman–Crippen LogP) is 4.92. The van der Waals surface area contributed by atoms with Crippen molar-refractivity contribution in [2.24, 2.45) is 0 Å². The largest absolute Gasteiger partial charge is 0.497 e. The van der Waals surface area contributed by atoms with Crippen LogP contribution in [0.3, 0.4) is 0 Å². The Morgan fingerprint density at radius 3 is 2.44 bits per heavy atom. The van der Waals surface area contributed by atoms with E-state index < -0.39 is 5.56 Å². The standard InChI is InChI=1S/C19H13Cl2N3O2S/c1-26-12-7-5-11(6-8-12)17-13(9-22)18(25)24-19(23-17)27-10-14-15(20)3-2-4-16(14)21/h2-8H,10H2,1H3,(H,23,24,25). The van der Waals surface area contributed by atoms with E-state index in [9.17, 15) is 10.1 Å². The molecule has 3 rings (SSSR count). The Hall–Kier alpha value is -2.46. The maximum Gasteiger partial charge on any atom is 0.270 e. The van der Waals surface area contributed by atoms with Crippen LogP contribution in [0.15, 0.2) is 52.4 Å². The molecule has 0 aliphatic rings. The number of hydrogen-bond donors (Lipinski definition) is 1. The molecule has 0 aliphatic carbocycles. The van der Waals surface area contributed by atoms with Crippen LogP contribution in [-0.4, -0.2) is 17.1 Å². The van der Waals surface area contributed by atoms with E-state index in [1.54, 1.807) is 49.6 Å². The van der Waals surface area contributed by atoms with Gasteiger partial charge in [-0.15, -0.1) is 0 Å². The van der Waals surface area contributed by atoms with E-state index in [0.717, 1.165) is 5.56 Å². The summed E-state index contributed by atoms with van der Waals surface area (Å²) in [7, 11) is 1.57. The first-order chi connectivity index (χ1) is 13.0. The summed E-state index contributed by atoms with van der Waals surface area (Å²) in [4.78, 5) is 19.4. The predicted molar refractivity (Wildman–Crippen MR) is 108 cm³/mol. The monoisotopic (exact) mass is 417 g/mol. The van der Waals surface area contributed by atoms with Crippen LogP contribution in [0.25, 0.3) is 11.3 Å². The Labute approximate surface area is 169 Å². The average molecular weight is 418 g/mol. The molecular formula is C19H13Cl2N3O2S. The van der Waals surface area contributed by atoms with Crippen LogP contribution in [0.4, 0.5) is 0 Å². The molecule has 1 N–H and O–H groups in total. The van der Waals surface area contributed by atoms with Gasteiger partial charge in [0.25, 0.3) is 5.56 Å². The van der Waals surface area contributed by atoms with Crippen molar-refractivity contribution in [1.29, 1.82) is 5.26 Å². The highest BCUT2D eigenvalue weighted by atomic mass is 35.5. The summed E-state index contributed by atoms with van der Waals surface area (Å²) in [5.41, 5.74) is 1.18. The van der Waals surface area contributed by atoms with Gasteiger partial charge >= 0.3 is 0 Å². The van der Waals surface area contributed by atoms with Crippen LogP contribution >= 0.6 is 35.0 Å². The van der Waals surface area contributed by atoms with Crippen LogP contribution in [0, 0.1) is 11.3 Å². The smallest absolute Gasteiger partial charge is 0.270 e. The number of nitrogens with one attached hydrogen (secondary N) is 1. The van der Waals surface area contributed by atoms with E-state index in [-0.39, 0.29) is 5.56 Å². The minimum Gasteiger partial charge on any atom is -0.497 e. The van der Waals surface area contributed by atoms with Crippen LogP contribution in [0.1, 0.15) is 11.1 Å². The molecule has 0 aliphatic heterocycles. The highest BCUT2D eigenvalue weighted by molar-refractivity contribution is 7.98. The molecule has 136 valence electrons. The quantitative estimate of drug-likeness (QED) is 0.470. The molecule has 0 amide bonds. The molecule has 0 unspecified atom stereocenters. The molecule has 0 spiro atoms. The van der Waals surface area contributed by atoms with Gasteiger partial charge in [-0.25, -0.2) is 4.98 Å². The van der Waals surface area contributed by atoms with Crippen molar-refractivity contribution in [3.05, 3.63) is 74.0 Å². The van der Waals surface area contributed by atoms with E-state index in [2.05, 4.69) is 9.97 Å². The third-order valence-electron chi connectivity index (χ3n) is 3.79. The van der Waals surface area contributed by atoms with Gasteiger partial charge in [-0.05, 0) is 42.0 Å². The van der Waals surface area contributed by atoms with Crippen molar-refractivity contribution in [1.82, 2.24) is 9.97 Å². The Morgan fingerprint density at radius 1 is 1.19 bits per heavy atom. The Bertz CT molecular complexity index is 1060. The van der Waals surface area contributed by atoms with Gasteiger partial charge in [0.15, 0.2) is 5.16 Å². The van der Waals surface area contributed by atoms with Gasteiger partial charge in [0, 0.05) is 21.4 Å². The van der Waals surface area contributed by atoms with Crippen LogP contribution in [0.2, 0.25) is 10.0 Å². The summed E-state index contributed by atoms with van der Waals surface area (Å²) < 4.78 is 5.14. The van der Waals surface area contributed by atoms with Gasteiger partial charge in [-0.3, -0.25) is 4.79 Å². The minimum absolute atomic E-state index is 0.0414. The molecule has 8 heteroatoms. The number of nitrogens with zero attached hydrogens (tertiary/aromatic N) is 2. The summed E-state index contributed by atoms with van der Waals surface area (Å²) in [5.74, 6) is 1.10. The fourth-order valence-corrected chi connectivity index (χ4v) is 4.00. The average Bonchev–Trinajstić information content (AvgIpc) is 2.67. The number of H-pyrrole nitrogens is 1. The van der Waals surface area contributed by atoms with Crippen LogP contribution < -0.4 is 10.3 Å². The van der Waals surface area contributed by atoms with Gasteiger partial charge in [0.1, 0.15) is 17.4 Å². The first-order valence-corrected chi connectivity index (χ1v) is 9.52. The maximum atomic E-state index is 12.3. The van der Waals surface area contributed by atoms with E-state index in [4.69, 9.17) is 27.9 Å². The molecule has 1 aromatic heterocycles. The zero-order valence-corrected chi connectivity index (χ0v) is 16.5. The zero-order valence-electron chi connectivity index (χ0n) is 14.1. The van der Waals surface area contributed by atoms with Crippen molar-refractivity contribution in [2.75, 3.05) is 7.11 Å². The number of aromatic nitrogens is 2. The fourth-order valence-electron chi connectivity index (χ4n) is 2.39. The second-order valence-electron chi connectivity index (χ2n) is 5.42. The highest BCUT2D eigenvalue weighted by Gasteiger charge is 2.15. The molecule has 0 saturated carbocycles. The number of thioether (sulfide) groups is 1. The molecule has 5 nitrogen and oxygen atoms in total. The summed E-state index contributed by atoms with van der Waals surface area (Å²) in [6.07, 6.45) is 0. The number of ether oxygens (including phenoxy) is 1. The number of nitriles is 1. The molecule has 3 aromatic rings. The molecule has 1 heterocycles. The fraction of sp³-hybridized carbons (Fsp3) is 0.105. The number of benzene rings is 2. The van der Waals surface area contributed by atoms with Crippen molar-refractivity contribution >= 4 is 35.0 Å². The van der Waals surface area contributed by atoms with E-state index >= 15 is 0 Å². The molecular weight excluding hydrogens is 405 g/mol. The summed E-state index contributed by atoms with van der Waals surface area (Å²) in [6.45, 7) is 0. The van der Waals surface area contributed by atoms with Gasteiger partial charge in [0.2, 0.25) is 0 Å². The molecule has 0 bridgehead atoms. The number of rotatable bonds is 5.